The molecule has 8 heteroatoms. The Kier molecular flexibility index (Phi) is 5.97. The van der Waals surface area contributed by atoms with Crippen molar-refractivity contribution in [1.82, 2.24) is 10.2 Å². The standard InChI is InChI=1S/C23H23F2N3O3/c24-17-9-7-16(18(25)12-17)13-27-11-3-5-19(23(27)31)26-21(29)14-28-20-6-2-1-4-15(20)8-10-22(28)30/h1-2,4,6-7,9,12,19H,3,5,8,10-11,13-14H2,(H,26,29). The third-order valence-corrected chi connectivity index (χ3v) is 5.74. The number of carbonyl (C=O) groups excluding carboxylic acids is 3. The maximum Gasteiger partial charge on any atom is 0.245 e. The van der Waals surface area contributed by atoms with E-state index in [1.165, 1.54) is 15.9 Å². The predicted molar refractivity (Wildman–Crippen MR) is 110 cm³/mol. The lowest BCUT2D eigenvalue weighted by Gasteiger charge is -2.34. The van der Waals surface area contributed by atoms with Crippen LogP contribution >= 0.6 is 0 Å². The molecule has 4 rings (SSSR count). The van der Waals surface area contributed by atoms with Gasteiger partial charge >= 0.3 is 0 Å². The highest BCUT2D eigenvalue weighted by Crippen LogP contribution is 2.27. The van der Waals surface area contributed by atoms with Crippen LogP contribution in [0.2, 0.25) is 0 Å². The first kappa shape index (κ1) is 21.0. The van der Waals surface area contributed by atoms with E-state index in [2.05, 4.69) is 5.32 Å². The van der Waals surface area contributed by atoms with Crippen molar-refractivity contribution in [3.8, 4) is 0 Å². The van der Waals surface area contributed by atoms with Gasteiger partial charge in [-0.2, -0.15) is 0 Å². The number of piperidine rings is 1. The Morgan fingerprint density at radius 2 is 1.90 bits per heavy atom. The largest absolute Gasteiger partial charge is 0.343 e. The molecular weight excluding hydrogens is 404 g/mol. The van der Waals surface area contributed by atoms with Gasteiger partial charge in [0, 0.05) is 36.8 Å². The van der Waals surface area contributed by atoms with Gasteiger partial charge in [-0.25, -0.2) is 8.78 Å². The summed E-state index contributed by atoms with van der Waals surface area (Å²) >= 11 is 0. The number of halogens is 2. The van der Waals surface area contributed by atoms with Crippen LogP contribution in [0.1, 0.15) is 30.4 Å². The summed E-state index contributed by atoms with van der Waals surface area (Å²) in [5.41, 5.74) is 1.95. The fourth-order valence-electron chi connectivity index (χ4n) is 4.14. The lowest BCUT2D eigenvalue weighted by atomic mass is 10.0. The van der Waals surface area contributed by atoms with E-state index in [0.717, 1.165) is 23.4 Å². The fraction of sp³-hybridized carbons (Fsp3) is 0.348. The first-order chi connectivity index (χ1) is 14.9. The van der Waals surface area contributed by atoms with Gasteiger partial charge in [-0.15, -0.1) is 0 Å². The molecule has 0 saturated carbocycles. The number of amides is 3. The molecule has 2 aromatic rings. The SMILES string of the molecule is O=C(CN1C(=O)CCc2ccccc21)NC1CCCN(Cc2ccc(F)cc2F)C1=O. The molecule has 1 unspecified atom stereocenters. The summed E-state index contributed by atoms with van der Waals surface area (Å²) in [5, 5.41) is 2.73. The maximum atomic E-state index is 14.0. The summed E-state index contributed by atoms with van der Waals surface area (Å²) in [5.74, 6) is -2.24. The highest BCUT2D eigenvalue weighted by Gasteiger charge is 2.32. The maximum absolute atomic E-state index is 14.0. The second-order valence-corrected chi connectivity index (χ2v) is 7.87. The number of anilines is 1. The summed E-state index contributed by atoms with van der Waals surface area (Å²) in [6.45, 7) is 0.279. The van der Waals surface area contributed by atoms with Gasteiger partial charge in [0.05, 0.1) is 0 Å². The number of aryl methyl sites for hydroxylation is 1. The van der Waals surface area contributed by atoms with Gasteiger partial charge in [-0.1, -0.05) is 24.3 Å². The molecule has 0 aromatic heterocycles. The summed E-state index contributed by atoms with van der Waals surface area (Å²) in [4.78, 5) is 40.8. The van der Waals surface area contributed by atoms with Crippen molar-refractivity contribution in [2.75, 3.05) is 18.0 Å². The van der Waals surface area contributed by atoms with Gasteiger partial charge in [-0.05, 0) is 37.0 Å². The third kappa shape index (κ3) is 4.57. The van der Waals surface area contributed by atoms with Crippen LogP contribution in [0.5, 0.6) is 0 Å². The van der Waals surface area contributed by atoms with Crippen molar-refractivity contribution in [3.05, 3.63) is 65.2 Å². The van der Waals surface area contributed by atoms with Gasteiger partial charge in [-0.3, -0.25) is 14.4 Å². The lowest BCUT2D eigenvalue weighted by molar-refractivity contribution is -0.139. The van der Waals surface area contributed by atoms with Crippen LogP contribution in [0.3, 0.4) is 0 Å². The Morgan fingerprint density at radius 3 is 2.71 bits per heavy atom. The molecule has 2 aliphatic heterocycles. The van der Waals surface area contributed by atoms with E-state index in [-0.39, 0.29) is 30.5 Å². The number of nitrogens with zero attached hydrogens (tertiary/aromatic N) is 2. The Balaban J connectivity index is 1.40. The number of carbonyl (C=O) groups is 3. The quantitative estimate of drug-likeness (QED) is 0.798. The lowest BCUT2D eigenvalue weighted by Crippen LogP contribution is -2.54. The number of benzene rings is 2. The summed E-state index contributed by atoms with van der Waals surface area (Å²) in [6, 6.07) is 9.98. The van der Waals surface area contributed by atoms with E-state index in [1.54, 1.807) is 0 Å². The minimum Gasteiger partial charge on any atom is -0.343 e. The molecule has 1 fully saturated rings. The highest BCUT2D eigenvalue weighted by atomic mass is 19.1. The number of rotatable bonds is 5. The topological polar surface area (TPSA) is 69.7 Å². The smallest absolute Gasteiger partial charge is 0.245 e. The molecule has 6 nitrogen and oxygen atoms in total. The van der Waals surface area contributed by atoms with Crippen molar-refractivity contribution in [1.29, 1.82) is 0 Å². The van der Waals surface area contributed by atoms with Crippen LogP contribution in [0.4, 0.5) is 14.5 Å². The zero-order chi connectivity index (χ0) is 22.0. The molecule has 31 heavy (non-hydrogen) atoms. The molecule has 2 heterocycles. The first-order valence-corrected chi connectivity index (χ1v) is 10.3. The third-order valence-electron chi connectivity index (χ3n) is 5.74. The second kappa shape index (κ2) is 8.83. The second-order valence-electron chi connectivity index (χ2n) is 7.87. The van der Waals surface area contributed by atoms with Crippen molar-refractivity contribution in [2.24, 2.45) is 0 Å². The van der Waals surface area contributed by atoms with Crippen LogP contribution in [0.15, 0.2) is 42.5 Å². The van der Waals surface area contributed by atoms with Crippen LogP contribution in [0, 0.1) is 11.6 Å². The molecule has 2 aromatic carbocycles. The molecule has 0 spiro atoms. The Morgan fingerprint density at radius 1 is 1.10 bits per heavy atom. The number of para-hydroxylation sites is 1. The highest BCUT2D eigenvalue weighted by molar-refractivity contribution is 6.01. The number of likely N-dealkylation sites (tertiary alicyclic amines) is 1. The van der Waals surface area contributed by atoms with E-state index in [0.29, 0.717) is 32.2 Å². The van der Waals surface area contributed by atoms with Gasteiger partial charge in [0.15, 0.2) is 0 Å². The minimum atomic E-state index is -0.736. The van der Waals surface area contributed by atoms with Crippen molar-refractivity contribution in [3.63, 3.8) is 0 Å². The molecular formula is C23H23F2N3O3. The molecule has 1 atom stereocenters. The number of fused-ring (bicyclic) bond motifs is 1. The Hall–Kier alpha value is -3.29. The van der Waals surface area contributed by atoms with Gasteiger partial charge in [0.1, 0.15) is 24.2 Å². The van der Waals surface area contributed by atoms with E-state index in [9.17, 15) is 23.2 Å². The van der Waals surface area contributed by atoms with Crippen molar-refractivity contribution >= 4 is 23.4 Å². The molecule has 3 amide bonds. The molecule has 162 valence electrons. The average molecular weight is 427 g/mol. The first-order valence-electron chi connectivity index (χ1n) is 10.3. The normalized spacial score (nSPS) is 18.7. The molecule has 1 saturated heterocycles. The van der Waals surface area contributed by atoms with E-state index in [1.807, 2.05) is 24.3 Å². The number of hydrogen-bond acceptors (Lipinski definition) is 3. The fourth-order valence-corrected chi connectivity index (χ4v) is 4.14. The Bertz CT molecular complexity index is 1030. The van der Waals surface area contributed by atoms with Crippen LogP contribution < -0.4 is 10.2 Å². The molecule has 0 aliphatic carbocycles. The van der Waals surface area contributed by atoms with E-state index >= 15 is 0 Å². The number of nitrogens with one attached hydrogen (secondary N) is 1. The number of hydrogen-bond donors (Lipinski definition) is 1. The zero-order valence-electron chi connectivity index (χ0n) is 16.9. The average Bonchev–Trinajstić information content (AvgIpc) is 2.75. The van der Waals surface area contributed by atoms with Crippen LogP contribution in [-0.4, -0.2) is 41.8 Å². The van der Waals surface area contributed by atoms with Crippen LogP contribution in [-0.2, 0) is 27.3 Å². The molecule has 1 N–H and O–H groups in total. The van der Waals surface area contributed by atoms with Gasteiger partial charge < -0.3 is 15.1 Å². The monoisotopic (exact) mass is 427 g/mol. The summed E-state index contributed by atoms with van der Waals surface area (Å²) in [7, 11) is 0. The zero-order valence-corrected chi connectivity index (χ0v) is 16.9. The molecule has 0 bridgehead atoms. The predicted octanol–water partition coefficient (Wildman–Crippen LogP) is 2.55. The van der Waals surface area contributed by atoms with Gasteiger partial charge in [0.25, 0.3) is 0 Å². The Labute approximate surface area is 178 Å². The minimum absolute atomic E-state index is 0.00923. The van der Waals surface area contributed by atoms with E-state index < -0.39 is 23.6 Å². The van der Waals surface area contributed by atoms with Crippen LogP contribution in [0.25, 0.3) is 0 Å². The summed E-state index contributed by atoms with van der Waals surface area (Å²) < 4.78 is 27.1. The molecule has 2 aliphatic rings. The summed E-state index contributed by atoms with van der Waals surface area (Å²) in [6.07, 6.45) is 2.09. The molecule has 0 radical (unpaired) electrons. The van der Waals surface area contributed by atoms with E-state index in [4.69, 9.17) is 0 Å². The van der Waals surface area contributed by atoms with Crippen molar-refractivity contribution < 1.29 is 23.2 Å². The van der Waals surface area contributed by atoms with Gasteiger partial charge in [0.2, 0.25) is 17.7 Å². The van der Waals surface area contributed by atoms with Crippen molar-refractivity contribution in [2.45, 2.75) is 38.3 Å².